The maximum Gasteiger partial charge on any atom is 0.265 e. The van der Waals surface area contributed by atoms with Gasteiger partial charge in [0.25, 0.3) is 5.91 Å². The number of likely N-dealkylation sites (N-methyl/N-ethyl adjacent to an activating group) is 1. The number of carbonyl (C=O) groups is 2. The van der Waals surface area contributed by atoms with E-state index < -0.39 is 6.04 Å². The molecule has 1 atom stereocenters. The molecule has 0 saturated heterocycles. The van der Waals surface area contributed by atoms with Crippen molar-refractivity contribution in [2.75, 3.05) is 25.2 Å². The van der Waals surface area contributed by atoms with Gasteiger partial charge in [-0.05, 0) is 42.8 Å². The number of ether oxygens (including phenoxy) is 2. The summed E-state index contributed by atoms with van der Waals surface area (Å²) in [7, 11) is 1.57. The van der Waals surface area contributed by atoms with Crippen LogP contribution in [-0.4, -0.2) is 38.1 Å². The molecule has 3 rings (SSSR count). The van der Waals surface area contributed by atoms with E-state index in [1.165, 1.54) is 4.90 Å². The first-order chi connectivity index (χ1) is 12.6. The van der Waals surface area contributed by atoms with Crippen LogP contribution < -0.4 is 19.7 Å². The molecule has 136 valence electrons. The molecule has 0 spiro atoms. The van der Waals surface area contributed by atoms with Crippen molar-refractivity contribution in [2.24, 2.45) is 0 Å². The highest BCUT2D eigenvalue weighted by Crippen LogP contribution is 2.32. The standard InChI is InChI=1S/C20H22N2O4/c1-3-25-15-8-10-16(11-9-15)26-13-19(23)22-17-7-5-4-6-14(17)12-18(22)20(24)21-2/h4-11,18H,3,12-13H2,1-2H3,(H,21,24)/t18-/m1/s1. The van der Waals surface area contributed by atoms with E-state index in [9.17, 15) is 9.59 Å². The van der Waals surface area contributed by atoms with Crippen molar-refractivity contribution in [1.82, 2.24) is 5.32 Å². The fourth-order valence-electron chi connectivity index (χ4n) is 3.08. The summed E-state index contributed by atoms with van der Waals surface area (Å²) in [5.41, 5.74) is 1.75. The van der Waals surface area contributed by atoms with Crippen LogP contribution in [0.1, 0.15) is 12.5 Å². The Labute approximate surface area is 152 Å². The van der Waals surface area contributed by atoms with Crippen molar-refractivity contribution in [1.29, 1.82) is 0 Å². The molecule has 1 aliphatic heterocycles. The van der Waals surface area contributed by atoms with Gasteiger partial charge in [0.05, 0.1) is 6.61 Å². The summed E-state index contributed by atoms with van der Waals surface area (Å²) < 4.78 is 11.0. The molecule has 0 aliphatic carbocycles. The van der Waals surface area contributed by atoms with Crippen molar-refractivity contribution in [3.05, 3.63) is 54.1 Å². The highest BCUT2D eigenvalue weighted by atomic mass is 16.5. The van der Waals surface area contributed by atoms with E-state index in [1.807, 2.05) is 31.2 Å². The number of fused-ring (bicyclic) bond motifs is 1. The Morgan fingerprint density at radius 2 is 1.73 bits per heavy atom. The summed E-state index contributed by atoms with van der Waals surface area (Å²) in [4.78, 5) is 26.5. The van der Waals surface area contributed by atoms with Gasteiger partial charge in [-0.15, -0.1) is 0 Å². The third-order valence-corrected chi connectivity index (χ3v) is 4.29. The van der Waals surface area contributed by atoms with Crippen LogP contribution in [0.4, 0.5) is 5.69 Å². The average molecular weight is 354 g/mol. The molecule has 1 aliphatic rings. The van der Waals surface area contributed by atoms with Gasteiger partial charge in [-0.1, -0.05) is 18.2 Å². The van der Waals surface area contributed by atoms with Crippen LogP contribution in [0, 0.1) is 0 Å². The van der Waals surface area contributed by atoms with Crippen molar-refractivity contribution in [3.63, 3.8) is 0 Å². The molecule has 0 unspecified atom stereocenters. The second kappa shape index (κ2) is 7.91. The van der Waals surface area contributed by atoms with E-state index in [1.54, 1.807) is 31.3 Å². The third kappa shape index (κ3) is 3.64. The molecule has 6 nitrogen and oxygen atoms in total. The second-order valence-corrected chi connectivity index (χ2v) is 5.92. The third-order valence-electron chi connectivity index (χ3n) is 4.29. The first-order valence-corrected chi connectivity index (χ1v) is 8.61. The molecule has 0 radical (unpaired) electrons. The van der Waals surface area contributed by atoms with Gasteiger partial charge in [0.1, 0.15) is 17.5 Å². The first-order valence-electron chi connectivity index (χ1n) is 8.61. The topological polar surface area (TPSA) is 67.9 Å². The summed E-state index contributed by atoms with van der Waals surface area (Å²) in [5.74, 6) is 0.887. The Hall–Kier alpha value is -3.02. The first kappa shape index (κ1) is 17.8. The number of anilines is 1. The molecule has 1 N–H and O–H groups in total. The molecule has 0 saturated carbocycles. The van der Waals surface area contributed by atoms with Gasteiger partial charge >= 0.3 is 0 Å². The minimum Gasteiger partial charge on any atom is -0.494 e. The Morgan fingerprint density at radius 3 is 2.38 bits per heavy atom. The predicted molar refractivity (Wildman–Crippen MR) is 98.6 cm³/mol. The minimum absolute atomic E-state index is 0.143. The van der Waals surface area contributed by atoms with Gasteiger partial charge in [0.15, 0.2) is 6.61 Å². The van der Waals surface area contributed by atoms with Crippen LogP contribution in [0.25, 0.3) is 0 Å². The molecule has 2 aromatic carbocycles. The number of amides is 2. The predicted octanol–water partition coefficient (Wildman–Crippen LogP) is 2.17. The lowest BCUT2D eigenvalue weighted by Crippen LogP contribution is -2.48. The summed E-state index contributed by atoms with van der Waals surface area (Å²) in [6.07, 6.45) is 0.505. The second-order valence-electron chi connectivity index (χ2n) is 5.92. The van der Waals surface area contributed by atoms with E-state index in [0.717, 1.165) is 17.0 Å². The highest BCUT2D eigenvalue weighted by Gasteiger charge is 2.37. The minimum atomic E-state index is -0.547. The van der Waals surface area contributed by atoms with E-state index >= 15 is 0 Å². The van der Waals surface area contributed by atoms with Crippen molar-refractivity contribution in [2.45, 2.75) is 19.4 Å². The SMILES string of the molecule is CCOc1ccc(OCC(=O)N2c3ccccc3C[C@@H]2C(=O)NC)cc1. The van der Waals surface area contributed by atoms with Crippen molar-refractivity contribution in [3.8, 4) is 11.5 Å². The number of carbonyl (C=O) groups excluding carboxylic acids is 2. The maximum atomic E-state index is 12.8. The summed E-state index contributed by atoms with van der Waals surface area (Å²) in [6, 6.07) is 14.1. The fraction of sp³-hybridized carbons (Fsp3) is 0.300. The molecule has 1 heterocycles. The van der Waals surface area contributed by atoms with Crippen LogP contribution in [0.2, 0.25) is 0 Å². The van der Waals surface area contributed by atoms with Crippen molar-refractivity contribution >= 4 is 17.5 Å². The highest BCUT2D eigenvalue weighted by molar-refractivity contribution is 6.04. The lowest BCUT2D eigenvalue weighted by atomic mass is 10.1. The van der Waals surface area contributed by atoms with Gasteiger partial charge in [0.2, 0.25) is 5.91 Å². The van der Waals surface area contributed by atoms with Crippen LogP contribution in [0.15, 0.2) is 48.5 Å². The maximum absolute atomic E-state index is 12.8. The molecular formula is C20H22N2O4. The molecular weight excluding hydrogens is 332 g/mol. The lowest BCUT2D eigenvalue weighted by molar-refractivity contribution is -0.126. The van der Waals surface area contributed by atoms with Crippen LogP contribution in [0.3, 0.4) is 0 Å². The Morgan fingerprint density at radius 1 is 1.08 bits per heavy atom. The molecule has 6 heteroatoms. The number of rotatable bonds is 6. The summed E-state index contributed by atoms with van der Waals surface area (Å²) in [6.45, 7) is 2.36. The van der Waals surface area contributed by atoms with Crippen molar-refractivity contribution < 1.29 is 19.1 Å². The summed E-state index contributed by atoms with van der Waals surface area (Å²) in [5, 5.41) is 2.63. The van der Waals surface area contributed by atoms with E-state index in [2.05, 4.69) is 5.32 Å². The van der Waals surface area contributed by atoms with Gasteiger partial charge in [-0.2, -0.15) is 0 Å². The quantitative estimate of drug-likeness (QED) is 0.863. The molecule has 2 aromatic rings. The number of nitrogens with zero attached hydrogens (tertiary/aromatic N) is 1. The van der Waals surface area contributed by atoms with Crippen LogP contribution >= 0.6 is 0 Å². The Balaban J connectivity index is 1.71. The Kier molecular flexibility index (Phi) is 5.41. The average Bonchev–Trinajstić information content (AvgIpc) is 3.06. The molecule has 0 fully saturated rings. The molecule has 2 amide bonds. The molecule has 0 bridgehead atoms. The smallest absolute Gasteiger partial charge is 0.265 e. The van der Waals surface area contributed by atoms with Gasteiger partial charge in [-0.3, -0.25) is 14.5 Å². The van der Waals surface area contributed by atoms with Gasteiger partial charge < -0.3 is 14.8 Å². The number of hydrogen-bond acceptors (Lipinski definition) is 4. The summed E-state index contributed by atoms with van der Waals surface area (Å²) >= 11 is 0. The number of para-hydroxylation sites is 1. The lowest BCUT2D eigenvalue weighted by Gasteiger charge is -2.24. The van der Waals surface area contributed by atoms with E-state index in [4.69, 9.17) is 9.47 Å². The molecule has 26 heavy (non-hydrogen) atoms. The number of benzene rings is 2. The Bertz CT molecular complexity index is 789. The zero-order chi connectivity index (χ0) is 18.5. The van der Waals surface area contributed by atoms with Gasteiger partial charge in [0, 0.05) is 19.2 Å². The normalized spacial score (nSPS) is 15.3. The van der Waals surface area contributed by atoms with Gasteiger partial charge in [-0.25, -0.2) is 0 Å². The number of nitrogens with one attached hydrogen (secondary N) is 1. The fourth-order valence-corrected chi connectivity index (χ4v) is 3.08. The largest absolute Gasteiger partial charge is 0.494 e. The van der Waals surface area contributed by atoms with E-state index in [0.29, 0.717) is 18.8 Å². The van der Waals surface area contributed by atoms with Crippen LogP contribution in [-0.2, 0) is 16.0 Å². The zero-order valence-corrected chi connectivity index (χ0v) is 14.9. The number of hydrogen-bond donors (Lipinski definition) is 1. The molecule has 0 aromatic heterocycles. The van der Waals surface area contributed by atoms with Crippen LogP contribution in [0.5, 0.6) is 11.5 Å². The van der Waals surface area contributed by atoms with E-state index in [-0.39, 0.29) is 18.4 Å². The zero-order valence-electron chi connectivity index (χ0n) is 14.9. The monoisotopic (exact) mass is 354 g/mol.